The van der Waals surface area contributed by atoms with Gasteiger partial charge in [-0.2, -0.15) is 13.2 Å². The van der Waals surface area contributed by atoms with Crippen LogP contribution in [0.4, 0.5) is 13.2 Å². The zero-order valence-electron chi connectivity index (χ0n) is 12.2. The largest absolute Gasteiger partial charge is 0.417 e. The summed E-state index contributed by atoms with van der Waals surface area (Å²) in [5, 5.41) is -0.575. The number of Topliss-reactive ketones (excluding diaryl/α,β-unsaturated/α-hetero) is 1. The molecule has 0 radical (unpaired) electrons. The molecule has 0 aliphatic carbocycles. The molecule has 0 aliphatic rings. The van der Waals surface area contributed by atoms with E-state index >= 15 is 0 Å². The SMILES string of the molecule is CCc1ccc(C(=O)Cn2cc(C(F)(F)F)cc(Cl)c2=O)cc1. The number of aromatic nitrogens is 1. The van der Waals surface area contributed by atoms with Gasteiger partial charge in [-0.05, 0) is 18.1 Å². The zero-order valence-corrected chi connectivity index (χ0v) is 12.9. The number of hydrogen-bond acceptors (Lipinski definition) is 2. The van der Waals surface area contributed by atoms with E-state index in [9.17, 15) is 22.8 Å². The third-order valence-corrected chi connectivity index (χ3v) is 3.64. The molecule has 1 aromatic carbocycles. The molecule has 2 rings (SSSR count). The highest BCUT2D eigenvalue weighted by atomic mass is 35.5. The van der Waals surface area contributed by atoms with Gasteiger partial charge in [0, 0.05) is 11.8 Å². The number of carbonyl (C=O) groups excluding carboxylic acids is 1. The number of halogens is 4. The molecule has 3 nitrogen and oxygen atoms in total. The smallest absolute Gasteiger partial charge is 0.306 e. The van der Waals surface area contributed by atoms with Crippen LogP contribution in [-0.2, 0) is 19.1 Å². The van der Waals surface area contributed by atoms with Gasteiger partial charge < -0.3 is 4.57 Å². The maximum Gasteiger partial charge on any atom is 0.417 e. The minimum atomic E-state index is -4.65. The van der Waals surface area contributed by atoms with E-state index in [1.807, 2.05) is 6.92 Å². The minimum Gasteiger partial charge on any atom is -0.306 e. The molecule has 0 fully saturated rings. The maximum absolute atomic E-state index is 12.8. The lowest BCUT2D eigenvalue weighted by Crippen LogP contribution is -2.26. The fourth-order valence-corrected chi connectivity index (χ4v) is 2.27. The second-order valence-electron chi connectivity index (χ2n) is 4.98. The van der Waals surface area contributed by atoms with Crippen LogP contribution in [0.3, 0.4) is 0 Å². The third kappa shape index (κ3) is 4.01. The van der Waals surface area contributed by atoms with Crippen molar-refractivity contribution in [3.63, 3.8) is 0 Å². The number of rotatable bonds is 4. The first kappa shape index (κ1) is 17.3. The highest BCUT2D eigenvalue weighted by molar-refractivity contribution is 6.30. The second-order valence-corrected chi connectivity index (χ2v) is 5.39. The van der Waals surface area contributed by atoms with Gasteiger partial charge in [0.15, 0.2) is 5.78 Å². The number of ketones is 1. The topological polar surface area (TPSA) is 39.1 Å². The van der Waals surface area contributed by atoms with Crippen molar-refractivity contribution < 1.29 is 18.0 Å². The van der Waals surface area contributed by atoms with Crippen LogP contribution in [0.25, 0.3) is 0 Å². The molecule has 1 aromatic heterocycles. The van der Waals surface area contributed by atoms with Crippen molar-refractivity contribution in [2.24, 2.45) is 0 Å². The Morgan fingerprint density at radius 3 is 2.35 bits per heavy atom. The summed E-state index contributed by atoms with van der Waals surface area (Å²) < 4.78 is 39.0. The van der Waals surface area contributed by atoms with Gasteiger partial charge in [-0.1, -0.05) is 42.8 Å². The molecule has 2 aromatic rings. The summed E-state index contributed by atoms with van der Waals surface area (Å²) in [6.07, 6.45) is -3.24. The van der Waals surface area contributed by atoms with Gasteiger partial charge in [-0.15, -0.1) is 0 Å². The van der Waals surface area contributed by atoms with Crippen molar-refractivity contribution in [2.75, 3.05) is 0 Å². The van der Waals surface area contributed by atoms with Gasteiger partial charge in [-0.3, -0.25) is 9.59 Å². The number of hydrogen-bond donors (Lipinski definition) is 0. The van der Waals surface area contributed by atoms with E-state index in [0.29, 0.717) is 22.4 Å². The molecule has 0 saturated carbocycles. The Hall–Kier alpha value is -2.08. The average molecular weight is 344 g/mol. The van der Waals surface area contributed by atoms with Crippen LogP contribution in [0.15, 0.2) is 41.3 Å². The van der Waals surface area contributed by atoms with Crippen LogP contribution in [0.5, 0.6) is 0 Å². The van der Waals surface area contributed by atoms with E-state index < -0.39 is 34.6 Å². The molecule has 7 heteroatoms. The van der Waals surface area contributed by atoms with Gasteiger partial charge in [0.05, 0.1) is 12.1 Å². The van der Waals surface area contributed by atoms with Crippen molar-refractivity contribution >= 4 is 17.4 Å². The van der Waals surface area contributed by atoms with Crippen LogP contribution >= 0.6 is 11.6 Å². The fourth-order valence-electron chi connectivity index (χ4n) is 2.04. The van der Waals surface area contributed by atoms with Crippen molar-refractivity contribution in [3.05, 3.63) is 68.6 Å². The molecule has 0 spiro atoms. The molecule has 0 unspecified atom stereocenters. The number of aryl methyl sites for hydroxylation is 1. The Labute approximate surface area is 135 Å². The Balaban J connectivity index is 2.33. The summed E-state index contributed by atoms with van der Waals surface area (Å²) in [6, 6.07) is 7.24. The summed E-state index contributed by atoms with van der Waals surface area (Å²) in [7, 11) is 0. The molecule has 0 amide bonds. The minimum absolute atomic E-state index is 0.322. The predicted octanol–water partition coefficient (Wildman–Crippen LogP) is 3.97. The van der Waals surface area contributed by atoms with Crippen LogP contribution in [0, 0.1) is 0 Å². The van der Waals surface area contributed by atoms with E-state index in [1.165, 1.54) is 0 Å². The molecule has 0 atom stereocenters. The number of carbonyl (C=O) groups is 1. The average Bonchev–Trinajstić information content (AvgIpc) is 2.50. The summed E-state index contributed by atoms with van der Waals surface area (Å²) in [4.78, 5) is 24.0. The molecule has 0 bridgehead atoms. The number of benzene rings is 1. The van der Waals surface area contributed by atoms with Gasteiger partial charge in [0.25, 0.3) is 5.56 Å². The Kier molecular flexibility index (Phi) is 4.94. The fraction of sp³-hybridized carbons (Fsp3) is 0.250. The molecule has 23 heavy (non-hydrogen) atoms. The van der Waals surface area contributed by atoms with E-state index in [-0.39, 0.29) is 0 Å². The van der Waals surface area contributed by atoms with Gasteiger partial charge in [0.2, 0.25) is 0 Å². The van der Waals surface area contributed by atoms with Crippen LogP contribution in [0.2, 0.25) is 5.02 Å². The maximum atomic E-state index is 12.8. The first-order valence-electron chi connectivity index (χ1n) is 6.81. The normalized spacial score (nSPS) is 11.5. The number of nitrogens with zero attached hydrogens (tertiary/aromatic N) is 1. The molecular weight excluding hydrogens is 331 g/mol. The summed E-state index contributed by atoms with van der Waals surface area (Å²) in [5.74, 6) is -0.467. The molecule has 0 saturated heterocycles. The van der Waals surface area contributed by atoms with Crippen LogP contribution in [-0.4, -0.2) is 10.4 Å². The van der Waals surface area contributed by atoms with Gasteiger partial charge in [-0.25, -0.2) is 0 Å². The lowest BCUT2D eigenvalue weighted by atomic mass is 10.1. The summed E-state index contributed by atoms with van der Waals surface area (Å²) in [6.45, 7) is 1.45. The summed E-state index contributed by atoms with van der Waals surface area (Å²) in [5.41, 5.74) is -0.558. The van der Waals surface area contributed by atoms with E-state index in [2.05, 4.69) is 0 Å². The summed E-state index contributed by atoms with van der Waals surface area (Å²) >= 11 is 5.55. The molecule has 122 valence electrons. The Morgan fingerprint density at radius 2 is 1.83 bits per heavy atom. The van der Waals surface area contributed by atoms with Crippen molar-refractivity contribution in [1.82, 2.24) is 4.57 Å². The molecule has 1 heterocycles. The Bertz CT molecular complexity index is 779. The third-order valence-electron chi connectivity index (χ3n) is 3.37. The van der Waals surface area contributed by atoms with E-state index in [1.54, 1.807) is 24.3 Å². The van der Waals surface area contributed by atoms with E-state index in [4.69, 9.17) is 11.6 Å². The van der Waals surface area contributed by atoms with Gasteiger partial charge >= 0.3 is 6.18 Å². The predicted molar refractivity (Wildman–Crippen MR) is 80.9 cm³/mol. The monoisotopic (exact) mass is 343 g/mol. The zero-order chi connectivity index (χ0) is 17.2. The highest BCUT2D eigenvalue weighted by Gasteiger charge is 2.32. The molecule has 0 N–H and O–H groups in total. The van der Waals surface area contributed by atoms with Crippen LogP contribution < -0.4 is 5.56 Å². The number of alkyl halides is 3. The quantitative estimate of drug-likeness (QED) is 0.788. The lowest BCUT2D eigenvalue weighted by molar-refractivity contribution is -0.138. The molecular formula is C16H13ClF3NO2. The van der Waals surface area contributed by atoms with Gasteiger partial charge in [0.1, 0.15) is 5.02 Å². The highest BCUT2D eigenvalue weighted by Crippen LogP contribution is 2.29. The molecule has 0 aliphatic heterocycles. The van der Waals surface area contributed by atoms with Crippen molar-refractivity contribution in [1.29, 1.82) is 0 Å². The second kappa shape index (κ2) is 6.58. The van der Waals surface area contributed by atoms with E-state index in [0.717, 1.165) is 12.0 Å². The lowest BCUT2D eigenvalue weighted by Gasteiger charge is -2.11. The number of pyridine rings is 1. The standard InChI is InChI=1S/C16H13ClF3NO2/c1-2-10-3-5-11(6-4-10)14(22)9-21-8-12(16(18,19)20)7-13(17)15(21)23/h3-8H,2,9H2,1H3. The Morgan fingerprint density at radius 1 is 1.22 bits per heavy atom. The van der Waals surface area contributed by atoms with Crippen molar-refractivity contribution in [2.45, 2.75) is 26.1 Å². The first-order chi connectivity index (χ1) is 10.7. The first-order valence-corrected chi connectivity index (χ1v) is 7.19. The van der Waals surface area contributed by atoms with Crippen molar-refractivity contribution in [3.8, 4) is 0 Å². The van der Waals surface area contributed by atoms with Crippen LogP contribution in [0.1, 0.15) is 28.4 Å².